The quantitative estimate of drug-likeness (QED) is 0.796. The molecule has 1 rings (SSSR count). The average molecular weight is 264 g/mol. The summed E-state index contributed by atoms with van der Waals surface area (Å²) in [7, 11) is 0. The molecular formula is C15H24N2O2. The van der Waals surface area contributed by atoms with E-state index in [2.05, 4.69) is 24.5 Å². The molecule has 0 radical (unpaired) electrons. The lowest BCUT2D eigenvalue weighted by molar-refractivity contribution is -0.116. The molecule has 1 amide bonds. The Balaban J connectivity index is 2.58. The lowest BCUT2D eigenvalue weighted by Crippen LogP contribution is -2.27. The first-order chi connectivity index (χ1) is 9.02. The fourth-order valence-electron chi connectivity index (χ4n) is 1.69. The van der Waals surface area contributed by atoms with Crippen molar-refractivity contribution < 1.29 is 9.53 Å². The summed E-state index contributed by atoms with van der Waals surface area (Å²) in [4.78, 5) is 11.8. The van der Waals surface area contributed by atoms with Gasteiger partial charge in [0.25, 0.3) is 0 Å². The molecule has 0 saturated carbocycles. The SMILES string of the molecule is CCOc1cc(C)ccc1NC(=O)CCNC(C)C. The van der Waals surface area contributed by atoms with Gasteiger partial charge in [-0.3, -0.25) is 4.79 Å². The summed E-state index contributed by atoms with van der Waals surface area (Å²) >= 11 is 0. The summed E-state index contributed by atoms with van der Waals surface area (Å²) in [6.45, 7) is 9.32. The van der Waals surface area contributed by atoms with Gasteiger partial charge in [-0.2, -0.15) is 0 Å². The average Bonchev–Trinajstić information content (AvgIpc) is 2.32. The van der Waals surface area contributed by atoms with Crippen molar-refractivity contribution in [2.24, 2.45) is 0 Å². The van der Waals surface area contributed by atoms with Gasteiger partial charge in [-0.15, -0.1) is 0 Å². The van der Waals surface area contributed by atoms with E-state index in [4.69, 9.17) is 4.74 Å². The predicted molar refractivity (Wildman–Crippen MR) is 78.7 cm³/mol. The topological polar surface area (TPSA) is 50.4 Å². The van der Waals surface area contributed by atoms with Gasteiger partial charge in [-0.1, -0.05) is 19.9 Å². The normalized spacial score (nSPS) is 10.6. The van der Waals surface area contributed by atoms with Crippen LogP contribution in [-0.2, 0) is 4.79 Å². The molecule has 19 heavy (non-hydrogen) atoms. The van der Waals surface area contributed by atoms with E-state index in [1.807, 2.05) is 32.0 Å². The minimum atomic E-state index is -0.00189. The summed E-state index contributed by atoms with van der Waals surface area (Å²) in [5.74, 6) is 0.727. The monoisotopic (exact) mass is 264 g/mol. The number of rotatable bonds is 7. The second kappa shape index (κ2) is 7.79. The highest BCUT2D eigenvalue weighted by Crippen LogP contribution is 2.25. The zero-order valence-corrected chi connectivity index (χ0v) is 12.2. The fraction of sp³-hybridized carbons (Fsp3) is 0.533. The van der Waals surface area contributed by atoms with Crippen molar-refractivity contribution in [1.29, 1.82) is 0 Å². The van der Waals surface area contributed by atoms with Gasteiger partial charge in [0, 0.05) is 19.0 Å². The second-order valence-electron chi connectivity index (χ2n) is 4.84. The van der Waals surface area contributed by atoms with E-state index < -0.39 is 0 Å². The number of nitrogens with one attached hydrogen (secondary N) is 2. The van der Waals surface area contributed by atoms with Crippen LogP contribution in [0.2, 0.25) is 0 Å². The molecule has 0 saturated heterocycles. The zero-order chi connectivity index (χ0) is 14.3. The molecule has 0 aliphatic carbocycles. The number of anilines is 1. The van der Waals surface area contributed by atoms with Gasteiger partial charge in [0.2, 0.25) is 5.91 Å². The van der Waals surface area contributed by atoms with E-state index in [0.717, 1.165) is 17.0 Å². The molecule has 0 aliphatic heterocycles. The number of carbonyl (C=O) groups excluding carboxylic acids is 1. The first-order valence-electron chi connectivity index (χ1n) is 6.79. The van der Waals surface area contributed by atoms with E-state index in [-0.39, 0.29) is 5.91 Å². The largest absolute Gasteiger partial charge is 0.492 e. The van der Waals surface area contributed by atoms with Crippen LogP contribution in [0.25, 0.3) is 0 Å². The van der Waals surface area contributed by atoms with Crippen LogP contribution in [0, 0.1) is 6.92 Å². The van der Waals surface area contributed by atoms with E-state index in [1.54, 1.807) is 0 Å². The molecule has 0 atom stereocenters. The first-order valence-corrected chi connectivity index (χ1v) is 6.79. The number of amides is 1. The molecular weight excluding hydrogens is 240 g/mol. The van der Waals surface area contributed by atoms with Crippen LogP contribution in [0.15, 0.2) is 18.2 Å². The van der Waals surface area contributed by atoms with Crippen molar-refractivity contribution in [3.05, 3.63) is 23.8 Å². The van der Waals surface area contributed by atoms with Crippen LogP contribution in [0.1, 0.15) is 32.8 Å². The Hall–Kier alpha value is -1.55. The van der Waals surface area contributed by atoms with E-state index in [1.165, 1.54) is 0 Å². The van der Waals surface area contributed by atoms with Gasteiger partial charge >= 0.3 is 0 Å². The van der Waals surface area contributed by atoms with E-state index in [0.29, 0.717) is 25.6 Å². The van der Waals surface area contributed by atoms with E-state index >= 15 is 0 Å². The van der Waals surface area contributed by atoms with Gasteiger partial charge in [-0.05, 0) is 31.5 Å². The second-order valence-corrected chi connectivity index (χ2v) is 4.84. The number of aryl methyl sites for hydroxylation is 1. The Bertz CT molecular complexity index is 417. The molecule has 0 unspecified atom stereocenters. The molecule has 0 bridgehead atoms. The van der Waals surface area contributed by atoms with Crippen LogP contribution in [0.5, 0.6) is 5.75 Å². The minimum absolute atomic E-state index is 0.00189. The Morgan fingerprint density at radius 2 is 2.11 bits per heavy atom. The third kappa shape index (κ3) is 5.75. The van der Waals surface area contributed by atoms with Gasteiger partial charge in [0.05, 0.1) is 12.3 Å². The van der Waals surface area contributed by atoms with Crippen LogP contribution < -0.4 is 15.4 Å². The van der Waals surface area contributed by atoms with Crippen LogP contribution in [0.3, 0.4) is 0 Å². The minimum Gasteiger partial charge on any atom is -0.492 e. The lowest BCUT2D eigenvalue weighted by atomic mass is 10.2. The van der Waals surface area contributed by atoms with Crippen molar-refractivity contribution in [2.45, 2.75) is 40.2 Å². The molecule has 0 heterocycles. The summed E-state index contributed by atoms with van der Waals surface area (Å²) in [6, 6.07) is 6.18. The highest BCUT2D eigenvalue weighted by Gasteiger charge is 2.08. The highest BCUT2D eigenvalue weighted by molar-refractivity contribution is 5.92. The molecule has 1 aromatic rings. The molecule has 2 N–H and O–H groups in total. The maximum Gasteiger partial charge on any atom is 0.225 e. The lowest BCUT2D eigenvalue weighted by Gasteiger charge is -2.13. The standard InChI is InChI=1S/C15H24N2O2/c1-5-19-14-10-12(4)6-7-13(14)17-15(18)8-9-16-11(2)3/h6-7,10-11,16H,5,8-9H2,1-4H3,(H,17,18). The third-order valence-electron chi connectivity index (χ3n) is 2.62. The molecule has 1 aromatic carbocycles. The molecule has 0 spiro atoms. The maximum absolute atomic E-state index is 11.8. The van der Waals surface area contributed by atoms with Crippen molar-refractivity contribution in [1.82, 2.24) is 5.32 Å². The maximum atomic E-state index is 11.8. The molecule has 0 fully saturated rings. The Morgan fingerprint density at radius 1 is 1.37 bits per heavy atom. The van der Waals surface area contributed by atoms with Crippen molar-refractivity contribution >= 4 is 11.6 Å². The third-order valence-corrected chi connectivity index (χ3v) is 2.62. The number of ether oxygens (including phenoxy) is 1. The number of carbonyl (C=O) groups is 1. The number of hydrogen-bond donors (Lipinski definition) is 2. The van der Waals surface area contributed by atoms with E-state index in [9.17, 15) is 4.79 Å². The number of benzene rings is 1. The van der Waals surface area contributed by atoms with Crippen LogP contribution in [0.4, 0.5) is 5.69 Å². The molecule has 0 aliphatic rings. The summed E-state index contributed by atoms with van der Waals surface area (Å²) < 4.78 is 5.53. The van der Waals surface area contributed by atoms with Gasteiger partial charge in [-0.25, -0.2) is 0 Å². The molecule has 0 aromatic heterocycles. The van der Waals surface area contributed by atoms with Gasteiger partial charge < -0.3 is 15.4 Å². The van der Waals surface area contributed by atoms with Crippen molar-refractivity contribution in [2.75, 3.05) is 18.5 Å². The summed E-state index contributed by atoms with van der Waals surface area (Å²) in [5.41, 5.74) is 1.85. The highest BCUT2D eigenvalue weighted by atomic mass is 16.5. The first kappa shape index (κ1) is 15.5. The smallest absolute Gasteiger partial charge is 0.225 e. The Kier molecular flexibility index (Phi) is 6.36. The van der Waals surface area contributed by atoms with Crippen LogP contribution >= 0.6 is 0 Å². The van der Waals surface area contributed by atoms with Gasteiger partial charge in [0.15, 0.2) is 0 Å². The Morgan fingerprint density at radius 3 is 2.74 bits per heavy atom. The molecule has 106 valence electrons. The summed E-state index contributed by atoms with van der Waals surface area (Å²) in [6.07, 6.45) is 0.456. The number of hydrogen-bond acceptors (Lipinski definition) is 3. The van der Waals surface area contributed by atoms with Crippen LogP contribution in [-0.4, -0.2) is 25.1 Å². The molecule has 4 heteroatoms. The van der Waals surface area contributed by atoms with Crippen molar-refractivity contribution in [3.63, 3.8) is 0 Å². The molecule has 4 nitrogen and oxygen atoms in total. The van der Waals surface area contributed by atoms with Gasteiger partial charge in [0.1, 0.15) is 5.75 Å². The fourth-order valence-corrected chi connectivity index (χ4v) is 1.69. The zero-order valence-electron chi connectivity index (χ0n) is 12.2. The predicted octanol–water partition coefficient (Wildman–Crippen LogP) is 2.72. The summed E-state index contributed by atoms with van der Waals surface area (Å²) in [5, 5.41) is 6.11. The Labute approximate surface area is 115 Å². The van der Waals surface area contributed by atoms with Crippen molar-refractivity contribution in [3.8, 4) is 5.75 Å².